The number of carboxylic acids is 1. The summed E-state index contributed by atoms with van der Waals surface area (Å²) in [6, 6.07) is 0. The summed E-state index contributed by atoms with van der Waals surface area (Å²) in [6.07, 6.45) is -7.04. The van der Waals surface area contributed by atoms with Gasteiger partial charge in [0.1, 0.15) is 18.3 Å². The van der Waals surface area contributed by atoms with E-state index in [1.54, 1.807) is 0 Å². The summed E-state index contributed by atoms with van der Waals surface area (Å²) in [5.41, 5.74) is 0. The molecule has 4 unspecified atom stereocenters. The van der Waals surface area contributed by atoms with E-state index < -0.39 is 36.2 Å². The smallest absolute Gasteiger partial charge is 0.335 e. The molecule has 0 saturated heterocycles. The zero-order valence-corrected chi connectivity index (χ0v) is 9.48. The summed E-state index contributed by atoms with van der Waals surface area (Å²) in [7, 11) is 0. The molecular weight excluding hydrogens is 232 g/mol. The van der Waals surface area contributed by atoms with Crippen LogP contribution in [0.3, 0.4) is 0 Å². The van der Waals surface area contributed by atoms with Crippen LogP contribution in [-0.4, -0.2) is 61.7 Å². The predicted molar refractivity (Wildman–Crippen MR) is 56.2 cm³/mol. The Morgan fingerprint density at radius 2 is 1.47 bits per heavy atom. The van der Waals surface area contributed by atoms with Crippen LogP contribution in [0.15, 0.2) is 0 Å². The number of rotatable bonds is 8. The first-order chi connectivity index (χ1) is 7.82. The molecule has 7 heteroatoms. The Kier molecular flexibility index (Phi) is 6.89. The molecule has 0 fully saturated rings. The SMILES string of the molecule is CCCCC(=O)C(O)C(O)C(O)C(O)C(=O)O. The zero-order valence-electron chi connectivity index (χ0n) is 9.48. The van der Waals surface area contributed by atoms with E-state index in [1.165, 1.54) is 0 Å². The lowest BCUT2D eigenvalue weighted by Gasteiger charge is -2.23. The first-order valence-electron chi connectivity index (χ1n) is 5.30. The van der Waals surface area contributed by atoms with Gasteiger partial charge in [0.25, 0.3) is 0 Å². The van der Waals surface area contributed by atoms with Crippen molar-refractivity contribution in [2.24, 2.45) is 0 Å². The normalized spacial score (nSPS) is 18.2. The minimum atomic E-state index is -2.25. The second kappa shape index (κ2) is 7.33. The lowest BCUT2D eigenvalue weighted by atomic mass is 9.98. The number of carbonyl (C=O) groups is 2. The summed E-state index contributed by atoms with van der Waals surface area (Å²) >= 11 is 0. The van der Waals surface area contributed by atoms with Crippen molar-refractivity contribution < 1.29 is 35.1 Å². The molecule has 0 aliphatic heterocycles. The van der Waals surface area contributed by atoms with Crippen molar-refractivity contribution in [3.05, 3.63) is 0 Å². The average Bonchev–Trinajstić information content (AvgIpc) is 2.31. The molecular formula is C10H18O7. The van der Waals surface area contributed by atoms with Gasteiger partial charge in [-0.1, -0.05) is 13.3 Å². The van der Waals surface area contributed by atoms with Crippen molar-refractivity contribution in [1.29, 1.82) is 0 Å². The minimum absolute atomic E-state index is 0.0185. The van der Waals surface area contributed by atoms with Gasteiger partial charge in [-0.2, -0.15) is 0 Å². The van der Waals surface area contributed by atoms with Crippen LogP contribution < -0.4 is 0 Å². The summed E-state index contributed by atoms with van der Waals surface area (Å²) in [5.74, 6) is -2.44. The van der Waals surface area contributed by atoms with Gasteiger partial charge in [0.15, 0.2) is 11.9 Å². The maximum Gasteiger partial charge on any atom is 0.335 e. The van der Waals surface area contributed by atoms with Crippen LogP contribution in [0.4, 0.5) is 0 Å². The van der Waals surface area contributed by atoms with E-state index in [2.05, 4.69) is 0 Å². The molecule has 0 heterocycles. The molecule has 0 aliphatic carbocycles. The third-order valence-corrected chi connectivity index (χ3v) is 2.36. The monoisotopic (exact) mass is 250 g/mol. The fraction of sp³-hybridized carbons (Fsp3) is 0.800. The van der Waals surface area contributed by atoms with Gasteiger partial charge < -0.3 is 25.5 Å². The predicted octanol–water partition coefficient (Wildman–Crippen LogP) is -1.73. The average molecular weight is 250 g/mol. The number of carbonyl (C=O) groups excluding carboxylic acids is 1. The molecule has 0 radical (unpaired) electrons. The molecule has 0 aromatic heterocycles. The highest BCUT2D eigenvalue weighted by atomic mass is 16.4. The third-order valence-electron chi connectivity index (χ3n) is 2.36. The number of aliphatic carboxylic acids is 1. The van der Waals surface area contributed by atoms with E-state index in [0.717, 1.165) is 6.42 Å². The summed E-state index contributed by atoms with van der Waals surface area (Å²) in [6.45, 7) is 1.83. The number of aliphatic hydroxyl groups excluding tert-OH is 4. The van der Waals surface area contributed by atoms with Crippen LogP contribution in [-0.2, 0) is 9.59 Å². The lowest BCUT2D eigenvalue weighted by Crippen LogP contribution is -2.50. The van der Waals surface area contributed by atoms with Crippen LogP contribution >= 0.6 is 0 Å². The molecule has 0 amide bonds. The third kappa shape index (κ3) is 4.78. The lowest BCUT2D eigenvalue weighted by molar-refractivity contribution is -0.165. The zero-order chi connectivity index (χ0) is 13.6. The van der Waals surface area contributed by atoms with Crippen LogP contribution in [0.1, 0.15) is 26.2 Å². The molecule has 100 valence electrons. The van der Waals surface area contributed by atoms with Crippen molar-refractivity contribution in [3.8, 4) is 0 Å². The minimum Gasteiger partial charge on any atom is -0.479 e. The molecule has 0 saturated carbocycles. The first kappa shape index (κ1) is 16.0. The molecule has 7 nitrogen and oxygen atoms in total. The number of aliphatic hydroxyl groups is 4. The fourth-order valence-corrected chi connectivity index (χ4v) is 1.21. The Morgan fingerprint density at radius 1 is 1.00 bits per heavy atom. The van der Waals surface area contributed by atoms with E-state index >= 15 is 0 Å². The van der Waals surface area contributed by atoms with Crippen LogP contribution in [0.25, 0.3) is 0 Å². The largest absolute Gasteiger partial charge is 0.479 e. The summed E-state index contributed by atoms with van der Waals surface area (Å²) in [5, 5.41) is 45.2. The van der Waals surface area contributed by atoms with Gasteiger partial charge in [-0.3, -0.25) is 4.79 Å². The highest BCUT2D eigenvalue weighted by molar-refractivity contribution is 5.83. The van der Waals surface area contributed by atoms with Crippen molar-refractivity contribution in [2.75, 3.05) is 0 Å². The van der Waals surface area contributed by atoms with Gasteiger partial charge in [-0.15, -0.1) is 0 Å². The van der Waals surface area contributed by atoms with Crippen molar-refractivity contribution in [3.63, 3.8) is 0 Å². The number of unbranched alkanes of at least 4 members (excludes halogenated alkanes) is 1. The summed E-state index contributed by atoms with van der Waals surface area (Å²) < 4.78 is 0. The van der Waals surface area contributed by atoms with Crippen LogP contribution in [0.5, 0.6) is 0 Å². The highest BCUT2D eigenvalue weighted by Gasteiger charge is 2.36. The molecule has 0 aromatic rings. The number of Topliss-reactive ketones (excluding diaryl/α,β-unsaturated/α-hetero) is 1. The topological polar surface area (TPSA) is 135 Å². The van der Waals surface area contributed by atoms with E-state index in [4.69, 9.17) is 10.2 Å². The van der Waals surface area contributed by atoms with Gasteiger partial charge in [0.2, 0.25) is 0 Å². The Labute approximate surface area is 98.3 Å². The molecule has 0 bridgehead atoms. The number of ketones is 1. The first-order valence-corrected chi connectivity index (χ1v) is 5.30. The van der Waals surface area contributed by atoms with Gasteiger partial charge in [0.05, 0.1) is 0 Å². The summed E-state index contributed by atoms with van der Waals surface area (Å²) in [4.78, 5) is 21.6. The van der Waals surface area contributed by atoms with Gasteiger partial charge >= 0.3 is 5.97 Å². The van der Waals surface area contributed by atoms with E-state index in [-0.39, 0.29) is 6.42 Å². The maximum absolute atomic E-state index is 11.3. The van der Waals surface area contributed by atoms with E-state index in [9.17, 15) is 24.9 Å². The van der Waals surface area contributed by atoms with E-state index in [1.807, 2.05) is 6.92 Å². The molecule has 4 atom stereocenters. The molecule has 17 heavy (non-hydrogen) atoms. The van der Waals surface area contributed by atoms with Gasteiger partial charge in [-0.25, -0.2) is 4.79 Å². The fourth-order valence-electron chi connectivity index (χ4n) is 1.21. The molecule has 0 aliphatic rings. The number of carboxylic acid groups (broad SMARTS) is 1. The van der Waals surface area contributed by atoms with Crippen molar-refractivity contribution in [2.45, 2.75) is 50.6 Å². The molecule has 0 aromatic carbocycles. The van der Waals surface area contributed by atoms with Gasteiger partial charge in [0, 0.05) is 6.42 Å². The van der Waals surface area contributed by atoms with E-state index in [0.29, 0.717) is 6.42 Å². The highest BCUT2D eigenvalue weighted by Crippen LogP contribution is 2.09. The van der Waals surface area contributed by atoms with Crippen LogP contribution in [0.2, 0.25) is 0 Å². The molecule has 0 rings (SSSR count). The molecule has 0 spiro atoms. The Hall–Kier alpha value is -1.02. The quantitative estimate of drug-likeness (QED) is 0.345. The maximum atomic E-state index is 11.3. The Balaban J connectivity index is 4.42. The number of hydrogen-bond acceptors (Lipinski definition) is 6. The second-order valence-electron chi connectivity index (χ2n) is 3.78. The Morgan fingerprint density at radius 3 is 1.88 bits per heavy atom. The van der Waals surface area contributed by atoms with Gasteiger partial charge in [-0.05, 0) is 6.42 Å². The molecule has 5 N–H and O–H groups in total. The van der Waals surface area contributed by atoms with Crippen molar-refractivity contribution >= 4 is 11.8 Å². The van der Waals surface area contributed by atoms with Crippen molar-refractivity contribution in [1.82, 2.24) is 0 Å². The number of hydrogen-bond donors (Lipinski definition) is 5. The standard InChI is InChI=1S/C10H18O7/c1-2-3-4-5(11)6(12)7(13)8(14)9(15)10(16)17/h6-9,12-15H,2-4H2,1H3,(H,16,17). The van der Waals surface area contributed by atoms with Crippen LogP contribution in [0, 0.1) is 0 Å². The Bertz CT molecular complexity index is 265. The second-order valence-corrected chi connectivity index (χ2v) is 3.78.